The van der Waals surface area contributed by atoms with E-state index >= 15 is 0 Å². The Kier molecular flexibility index (Phi) is 5.50. The number of likely N-dealkylation sites (tertiary alicyclic amines) is 1. The maximum Gasteiger partial charge on any atom is 0.258 e. The molecule has 4 heterocycles. The van der Waals surface area contributed by atoms with Gasteiger partial charge in [-0.05, 0) is 43.0 Å². The topological polar surface area (TPSA) is 74.6 Å². The highest BCUT2D eigenvalue weighted by molar-refractivity contribution is 5.83. The van der Waals surface area contributed by atoms with Crippen molar-refractivity contribution >= 4 is 18.1 Å². The van der Waals surface area contributed by atoms with Crippen LogP contribution in [0.4, 0.5) is 0 Å². The van der Waals surface area contributed by atoms with Crippen molar-refractivity contribution in [1.82, 2.24) is 14.8 Å². The van der Waals surface area contributed by atoms with E-state index < -0.39 is 0 Å². The van der Waals surface area contributed by atoms with Gasteiger partial charge in [0.1, 0.15) is 0 Å². The minimum absolute atomic E-state index is 0.0172. The molecule has 3 aliphatic rings. The van der Waals surface area contributed by atoms with E-state index in [4.69, 9.17) is 0 Å². The van der Waals surface area contributed by atoms with Crippen molar-refractivity contribution in [3.8, 4) is 0 Å². The van der Waals surface area contributed by atoms with Crippen molar-refractivity contribution < 1.29 is 9.90 Å². The number of amides is 1. The van der Waals surface area contributed by atoms with Crippen LogP contribution < -0.4 is 10.9 Å². The van der Waals surface area contributed by atoms with E-state index in [2.05, 4.69) is 5.32 Å². The molecule has 1 aromatic carbocycles. The summed E-state index contributed by atoms with van der Waals surface area (Å²) in [6.07, 6.45) is 7.08. The number of aliphatic hydroxyl groups excluding tert-OH is 1. The van der Waals surface area contributed by atoms with Gasteiger partial charge in [0.2, 0.25) is 5.91 Å². The van der Waals surface area contributed by atoms with Crippen LogP contribution in [-0.2, 0) is 11.3 Å². The third-order valence-electron chi connectivity index (χ3n) is 7.11. The maximum absolute atomic E-state index is 13.1. The quantitative estimate of drug-likeness (QED) is 0.798. The number of hydrogen-bond donors (Lipinski definition) is 2. The summed E-state index contributed by atoms with van der Waals surface area (Å²) in [5, 5.41) is 13.6. The molecule has 0 bridgehead atoms. The summed E-state index contributed by atoms with van der Waals surface area (Å²) in [7, 11) is 0. The van der Waals surface area contributed by atoms with Crippen LogP contribution >= 0.6 is 0 Å². The minimum Gasteiger partial charge on any atom is -0.396 e. The summed E-state index contributed by atoms with van der Waals surface area (Å²) in [6.45, 7) is 2.09. The van der Waals surface area contributed by atoms with Crippen LogP contribution in [0.1, 0.15) is 42.1 Å². The first-order chi connectivity index (χ1) is 15.2. The van der Waals surface area contributed by atoms with E-state index in [0.29, 0.717) is 12.1 Å². The van der Waals surface area contributed by atoms with Gasteiger partial charge in [-0.15, -0.1) is 0 Å². The predicted octanol–water partition coefficient (Wildman–Crippen LogP) is 2.28. The lowest BCUT2D eigenvalue weighted by atomic mass is 9.88. The Balaban J connectivity index is 1.39. The van der Waals surface area contributed by atoms with Crippen molar-refractivity contribution in [2.45, 2.75) is 37.9 Å². The van der Waals surface area contributed by atoms with Gasteiger partial charge in [-0.2, -0.15) is 0 Å². The zero-order valence-corrected chi connectivity index (χ0v) is 17.6. The van der Waals surface area contributed by atoms with Gasteiger partial charge in [-0.25, -0.2) is 0 Å². The fourth-order valence-electron chi connectivity index (χ4n) is 5.44. The number of rotatable bonds is 4. The van der Waals surface area contributed by atoms with Crippen LogP contribution in [0.15, 0.2) is 47.3 Å². The molecule has 6 heteroatoms. The van der Waals surface area contributed by atoms with Crippen molar-refractivity contribution in [2.24, 2.45) is 11.8 Å². The van der Waals surface area contributed by atoms with Crippen LogP contribution in [0.25, 0.3) is 12.2 Å². The van der Waals surface area contributed by atoms with E-state index in [-0.39, 0.29) is 42.0 Å². The number of nitrogens with zero attached hydrogens (tertiary/aromatic N) is 2. The van der Waals surface area contributed by atoms with Crippen LogP contribution in [-0.4, -0.2) is 46.2 Å². The van der Waals surface area contributed by atoms with Gasteiger partial charge in [0, 0.05) is 49.3 Å². The Morgan fingerprint density at radius 3 is 2.58 bits per heavy atom. The molecule has 162 valence electrons. The molecular weight excluding hydrogens is 390 g/mol. The SMILES string of the molecule is O=C([C@H]1N[C@H]2c3ccc(C=Cc4ccccc4)c(=O)n3C[C@H]2[C@@H]1CO)N1CCCCC1. The summed E-state index contributed by atoms with van der Waals surface area (Å²) in [6, 6.07) is 13.3. The molecule has 1 aromatic heterocycles. The van der Waals surface area contributed by atoms with Gasteiger partial charge in [-0.1, -0.05) is 36.4 Å². The Morgan fingerprint density at radius 1 is 1.06 bits per heavy atom. The number of carbonyl (C=O) groups is 1. The molecule has 0 saturated carbocycles. The Morgan fingerprint density at radius 2 is 1.84 bits per heavy atom. The maximum atomic E-state index is 13.1. The highest BCUT2D eigenvalue weighted by Crippen LogP contribution is 2.43. The molecule has 3 aliphatic heterocycles. The standard InChI is InChI=1S/C25H29N3O3/c29-16-20-19-15-28-21(22(19)26-23(20)25(31)27-13-5-2-6-14-27)12-11-18(24(28)30)10-9-17-7-3-1-4-8-17/h1,3-4,7-12,19-20,22-23,26,29H,2,5-6,13-16H2/t19-,20-,22+,23-/m0/s1. The van der Waals surface area contributed by atoms with Gasteiger partial charge in [-0.3, -0.25) is 14.9 Å². The van der Waals surface area contributed by atoms with Crippen LogP contribution in [0.3, 0.4) is 0 Å². The van der Waals surface area contributed by atoms with E-state index in [1.54, 1.807) is 0 Å². The Hall–Kier alpha value is -2.70. The lowest BCUT2D eigenvalue weighted by Crippen LogP contribution is -2.49. The molecule has 1 amide bonds. The van der Waals surface area contributed by atoms with Crippen molar-refractivity contribution in [1.29, 1.82) is 0 Å². The van der Waals surface area contributed by atoms with E-state index in [9.17, 15) is 14.7 Å². The largest absolute Gasteiger partial charge is 0.396 e. The second kappa shape index (κ2) is 8.44. The Labute approximate surface area is 182 Å². The number of piperidine rings is 1. The summed E-state index contributed by atoms with van der Waals surface area (Å²) in [5.74, 6) is -0.0312. The number of benzene rings is 1. The summed E-state index contributed by atoms with van der Waals surface area (Å²) < 4.78 is 1.82. The monoisotopic (exact) mass is 419 g/mol. The number of pyridine rings is 1. The molecule has 0 unspecified atom stereocenters. The molecule has 2 aromatic rings. The van der Waals surface area contributed by atoms with Gasteiger partial charge in [0.25, 0.3) is 5.56 Å². The van der Waals surface area contributed by atoms with Crippen molar-refractivity contribution in [3.05, 3.63) is 69.6 Å². The fourth-order valence-corrected chi connectivity index (χ4v) is 5.44. The lowest BCUT2D eigenvalue weighted by molar-refractivity contribution is -0.135. The van der Waals surface area contributed by atoms with Gasteiger partial charge >= 0.3 is 0 Å². The average molecular weight is 420 g/mol. The second-order valence-corrected chi connectivity index (χ2v) is 8.89. The third-order valence-corrected chi connectivity index (χ3v) is 7.11. The first kappa shape index (κ1) is 20.2. The molecule has 31 heavy (non-hydrogen) atoms. The van der Waals surface area contributed by atoms with Crippen molar-refractivity contribution in [3.63, 3.8) is 0 Å². The first-order valence-corrected chi connectivity index (χ1v) is 11.3. The molecule has 0 aliphatic carbocycles. The van der Waals surface area contributed by atoms with Gasteiger partial charge < -0.3 is 14.6 Å². The molecular formula is C25H29N3O3. The number of aromatic nitrogens is 1. The van der Waals surface area contributed by atoms with E-state index in [1.165, 1.54) is 6.42 Å². The van der Waals surface area contributed by atoms with Gasteiger partial charge in [0.15, 0.2) is 0 Å². The summed E-state index contributed by atoms with van der Waals surface area (Å²) in [5.41, 5.74) is 2.59. The van der Waals surface area contributed by atoms with Crippen LogP contribution in [0.5, 0.6) is 0 Å². The molecule has 5 rings (SSSR count). The Bertz CT molecular complexity index is 1040. The molecule has 0 spiro atoms. The lowest BCUT2D eigenvalue weighted by Gasteiger charge is -2.31. The van der Waals surface area contributed by atoms with Gasteiger partial charge in [0.05, 0.1) is 12.1 Å². The average Bonchev–Trinajstić information content (AvgIpc) is 3.36. The molecule has 4 atom stereocenters. The normalized spacial score (nSPS) is 27.5. The van der Waals surface area contributed by atoms with Crippen molar-refractivity contribution in [2.75, 3.05) is 19.7 Å². The first-order valence-electron chi connectivity index (χ1n) is 11.3. The number of aliphatic hydroxyl groups is 1. The third kappa shape index (κ3) is 3.64. The summed E-state index contributed by atoms with van der Waals surface area (Å²) in [4.78, 5) is 28.2. The number of fused-ring (bicyclic) bond motifs is 3. The van der Waals surface area contributed by atoms with Crippen LogP contribution in [0.2, 0.25) is 0 Å². The fraction of sp³-hybridized carbons (Fsp3) is 0.440. The number of hydrogen-bond acceptors (Lipinski definition) is 4. The van der Waals surface area contributed by atoms with E-state index in [0.717, 1.165) is 37.2 Å². The molecule has 2 N–H and O–H groups in total. The highest BCUT2D eigenvalue weighted by Gasteiger charge is 2.51. The van der Waals surface area contributed by atoms with Crippen LogP contribution in [0, 0.1) is 11.8 Å². The van der Waals surface area contributed by atoms with E-state index in [1.807, 2.05) is 64.1 Å². The zero-order chi connectivity index (χ0) is 21.4. The molecule has 0 radical (unpaired) electrons. The summed E-state index contributed by atoms with van der Waals surface area (Å²) >= 11 is 0. The number of carbonyl (C=O) groups excluding carboxylic acids is 1. The molecule has 2 saturated heterocycles. The number of nitrogens with one attached hydrogen (secondary N) is 1. The predicted molar refractivity (Wildman–Crippen MR) is 120 cm³/mol. The highest BCUT2D eigenvalue weighted by atomic mass is 16.3. The minimum atomic E-state index is -0.375. The zero-order valence-electron chi connectivity index (χ0n) is 17.6. The molecule has 6 nitrogen and oxygen atoms in total. The molecule has 2 fully saturated rings. The smallest absolute Gasteiger partial charge is 0.258 e. The second-order valence-electron chi connectivity index (χ2n) is 8.89.